The first-order chi connectivity index (χ1) is 17.1. The smallest absolute Gasteiger partial charge is 0.0462 e. The standard InChI is InChI=1S/C34H29N/c1-23-8-15-28(16-9-23)35(29-17-10-24(2)11-18-29)30-19-12-26(13-20-30)27-14-21-32-25(3)31-6-4-5-7-33(31)34(32)22-27/h4-22,25H,1-3H3. The van der Waals surface area contributed by atoms with Gasteiger partial charge in [-0.1, -0.05) is 90.8 Å². The molecule has 0 N–H and O–H groups in total. The summed E-state index contributed by atoms with van der Waals surface area (Å²) in [6.07, 6.45) is 0. The first-order valence-corrected chi connectivity index (χ1v) is 12.4. The lowest BCUT2D eigenvalue weighted by molar-refractivity contribution is 0.957. The summed E-state index contributed by atoms with van der Waals surface area (Å²) in [5.74, 6) is 0.454. The molecule has 0 spiro atoms. The number of nitrogens with zero attached hydrogens (tertiary/aromatic N) is 1. The molecule has 0 aliphatic heterocycles. The van der Waals surface area contributed by atoms with E-state index >= 15 is 0 Å². The lowest BCUT2D eigenvalue weighted by atomic mass is 9.96. The monoisotopic (exact) mass is 451 g/mol. The van der Waals surface area contributed by atoms with Crippen LogP contribution in [0, 0.1) is 13.8 Å². The minimum atomic E-state index is 0.454. The first-order valence-electron chi connectivity index (χ1n) is 12.4. The van der Waals surface area contributed by atoms with Crippen LogP contribution in [0.3, 0.4) is 0 Å². The minimum absolute atomic E-state index is 0.454. The Bertz CT molecular complexity index is 1450. The second-order valence-corrected chi connectivity index (χ2v) is 9.66. The maximum Gasteiger partial charge on any atom is 0.0462 e. The molecule has 1 unspecified atom stereocenters. The zero-order valence-electron chi connectivity index (χ0n) is 20.5. The molecule has 5 aromatic carbocycles. The molecule has 0 radical (unpaired) electrons. The van der Waals surface area contributed by atoms with Gasteiger partial charge < -0.3 is 4.90 Å². The Hall–Kier alpha value is -4.10. The molecule has 1 nitrogen and oxygen atoms in total. The Labute approximate surface area is 208 Å². The Morgan fingerprint density at radius 3 is 1.57 bits per heavy atom. The van der Waals surface area contributed by atoms with Crippen molar-refractivity contribution in [1.29, 1.82) is 0 Å². The van der Waals surface area contributed by atoms with Crippen LogP contribution in [-0.2, 0) is 0 Å². The largest absolute Gasteiger partial charge is 0.311 e. The maximum atomic E-state index is 2.37. The van der Waals surface area contributed by atoms with E-state index in [-0.39, 0.29) is 0 Å². The molecule has 0 bridgehead atoms. The first kappa shape index (κ1) is 21.4. The lowest BCUT2D eigenvalue weighted by Crippen LogP contribution is -2.09. The number of aryl methyl sites for hydroxylation is 2. The molecule has 0 aromatic heterocycles. The van der Waals surface area contributed by atoms with Gasteiger partial charge in [0.1, 0.15) is 0 Å². The molecule has 0 saturated carbocycles. The zero-order valence-corrected chi connectivity index (χ0v) is 20.5. The Morgan fingerprint density at radius 2 is 0.971 bits per heavy atom. The molecule has 1 aliphatic rings. The van der Waals surface area contributed by atoms with Crippen LogP contribution in [0.15, 0.2) is 115 Å². The predicted octanol–water partition coefficient (Wildman–Crippen LogP) is 9.57. The summed E-state index contributed by atoms with van der Waals surface area (Å²) in [5.41, 5.74) is 14.1. The quantitative estimate of drug-likeness (QED) is 0.263. The molecule has 0 fully saturated rings. The molecule has 0 heterocycles. The van der Waals surface area contributed by atoms with E-state index in [1.54, 1.807) is 0 Å². The summed E-state index contributed by atoms with van der Waals surface area (Å²) in [6.45, 7) is 6.57. The molecule has 6 rings (SSSR count). The molecule has 5 aromatic rings. The third kappa shape index (κ3) is 3.84. The molecule has 0 amide bonds. The topological polar surface area (TPSA) is 3.24 Å². The lowest BCUT2D eigenvalue weighted by Gasteiger charge is -2.26. The third-order valence-corrected chi connectivity index (χ3v) is 7.28. The van der Waals surface area contributed by atoms with Gasteiger partial charge in [-0.3, -0.25) is 0 Å². The SMILES string of the molecule is Cc1ccc(N(c2ccc(C)cc2)c2ccc(-c3ccc4c(c3)-c3ccccc3C4C)cc2)cc1. The van der Waals surface area contributed by atoms with Gasteiger partial charge in [0.2, 0.25) is 0 Å². The van der Waals surface area contributed by atoms with Gasteiger partial charge in [0, 0.05) is 23.0 Å². The fraction of sp³-hybridized carbons (Fsp3) is 0.118. The van der Waals surface area contributed by atoms with E-state index < -0.39 is 0 Å². The maximum absolute atomic E-state index is 2.37. The van der Waals surface area contributed by atoms with Gasteiger partial charge in [0.25, 0.3) is 0 Å². The van der Waals surface area contributed by atoms with Crippen LogP contribution in [0.2, 0.25) is 0 Å². The number of rotatable bonds is 4. The van der Waals surface area contributed by atoms with Crippen molar-refractivity contribution in [3.8, 4) is 22.3 Å². The highest BCUT2D eigenvalue weighted by Crippen LogP contribution is 2.46. The van der Waals surface area contributed by atoms with Crippen molar-refractivity contribution in [2.24, 2.45) is 0 Å². The number of benzene rings is 5. The number of hydrogen-bond donors (Lipinski definition) is 0. The Kier molecular flexibility index (Phi) is 5.26. The predicted molar refractivity (Wildman–Crippen MR) is 149 cm³/mol. The van der Waals surface area contributed by atoms with E-state index in [0.717, 1.165) is 17.1 Å². The molecule has 170 valence electrons. The van der Waals surface area contributed by atoms with Gasteiger partial charge in [0.05, 0.1) is 0 Å². The van der Waals surface area contributed by atoms with Gasteiger partial charge in [0.15, 0.2) is 0 Å². The zero-order chi connectivity index (χ0) is 23.9. The average molecular weight is 452 g/mol. The molecule has 1 atom stereocenters. The summed E-state index contributed by atoms with van der Waals surface area (Å²) in [6, 6.07) is 42.2. The van der Waals surface area contributed by atoms with Gasteiger partial charge in [-0.25, -0.2) is 0 Å². The van der Waals surface area contributed by atoms with Crippen molar-refractivity contribution in [3.63, 3.8) is 0 Å². The fourth-order valence-electron chi connectivity index (χ4n) is 5.27. The van der Waals surface area contributed by atoms with E-state index in [2.05, 4.69) is 141 Å². The molecular weight excluding hydrogens is 422 g/mol. The van der Waals surface area contributed by atoms with Crippen molar-refractivity contribution in [2.45, 2.75) is 26.7 Å². The summed E-state index contributed by atoms with van der Waals surface area (Å²) in [7, 11) is 0. The highest BCUT2D eigenvalue weighted by atomic mass is 15.1. The second-order valence-electron chi connectivity index (χ2n) is 9.66. The highest BCUT2D eigenvalue weighted by Gasteiger charge is 2.25. The normalized spacial score (nSPS) is 13.9. The van der Waals surface area contributed by atoms with Crippen LogP contribution in [0.1, 0.15) is 35.1 Å². The fourth-order valence-corrected chi connectivity index (χ4v) is 5.27. The van der Waals surface area contributed by atoms with Crippen LogP contribution in [-0.4, -0.2) is 0 Å². The van der Waals surface area contributed by atoms with Gasteiger partial charge >= 0.3 is 0 Å². The highest BCUT2D eigenvalue weighted by molar-refractivity contribution is 5.84. The van der Waals surface area contributed by atoms with Crippen LogP contribution < -0.4 is 4.90 Å². The van der Waals surface area contributed by atoms with Crippen LogP contribution in [0.25, 0.3) is 22.3 Å². The number of anilines is 3. The van der Waals surface area contributed by atoms with Crippen molar-refractivity contribution in [2.75, 3.05) is 4.90 Å². The average Bonchev–Trinajstić information content (AvgIpc) is 3.18. The Morgan fingerprint density at radius 1 is 0.486 bits per heavy atom. The summed E-state index contributed by atoms with van der Waals surface area (Å²) in [5, 5.41) is 0. The van der Waals surface area contributed by atoms with Gasteiger partial charge in [-0.05, 0) is 89.7 Å². The number of hydrogen-bond acceptors (Lipinski definition) is 1. The van der Waals surface area contributed by atoms with E-state index in [9.17, 15) is 0 Å². The molecule has 1 aliphatic carbocycles. The summed E-state index contributed by atoms with van der Waals surface area (Å²) >= 11 is 0. The van der Waals surface area contributed by atoms with Crippen LogP contribution in [0.5, 0.6) is 0 Å². The van der Waals surface area contributed by atoms with E-state index in [1.807, 2.05) is 0 Å². The second kappa shape index (κ2) is 8.60. The van der Waals surface area contributed by atoms with Crippen LogP contribution in [0.4, 0.5) is 17.1 Å². The number of fused-ring (bicyclic) bond motifs is 3. The third-order valence-electron chi connectivity index (χ3n) is 7.28. The van der Waals surface area contributed by atoms with Crippen LogP contribution >= 0.6 is 0 Å². The van der Waals surface area contributed by atoms with Crippen molar-refractivity contribution in [3.05, 3.63) is 138 Å². The van der Waals surface area contributed by atoms with Crippen molar-refractivity contribution in [1.82, 2.24) is 0 Å². The van der Waals surface area contributed by atoms with E-state index in [0.29, 0.717) is 5.92 Å². The van der Waals surface area contributed by atoms with E-state index in [1.165, 1.54) is 44.5 Å². The molecule has 1 heteroatoms. The van der Waals surface area contributed by atoms with Crippen molar-refractivity contribution >= 4 is 17.1 Å². The van der Waals surface area contributed by atoms with Gasteiger partial charge in [-0.15, -0.1) is 0 Å². The minimum Gasteiger partial charge on any atom is -0.311 e. The van der Waals surface area contributed by atoms with Gasteiger partial charge in [-0.2, -0.15) is 0 Å². The molecular formula is C34H29N. The Balaban J connectivity index is 1.38. The van der Waals surface area contributed by atoms with E-state index in [4.69, 9.17) is 0 Å². The summed E-state index contributed by atoms with van der Waals surface area (Å²) < 4.78 is 0. The summed E-state index contributed by atoms with van der Waals surface area (Å²) in [4.78, 5) is 2.32. The molecule has 0 saturated heterocycles. The van der Waals surface area contributed by atoms with Crippen molar-refractivity contribution < 1.29 is 0 Å². The molecule has 35 heavy (non-hydrogen) atoms.